The fourth-order valence-electron chi connectivity index (χ4n) is 4.80. The number of fused-ring (bicyclic) bond motifs is 6. The molecule has 7 rings (SSSR count). The van der Waals surface area contributed by atoms with Crippen molar-refractivity contribution in [3.63, 3.8) is 0 Å². The highest BCUT2D eigenvalue weighted by molar-refractivity contribution is 7.25. The van der Waals surface area contributed by atoms with Crippen LogP contribution in [0.15, 0.2) is 114 Å². The zero-order valence-electron chi connectivity index (χ0n) is 17.7. The summed E-state index contributed by atoms with van der Waals surface area (Å²) < 4.78 is 8.81. The van der Waals surface area contributed by atoms with Crippen molar-refractivity contribution in [2.24, 2.45) is 0 Å². The van der Waals surface area contributed by atoms with E-state index in [1.54, 1.807) is 0 Å². The molecule has 0 atom stereocenters. The Morgan fingerprint density at radius 1 is 0.576 bits per heavy atom. The van der Waals surface area contributed by atoms with Crippen LogP contribution in [-0.4, -0.2) is 0 Å². The third-order valence-corrected chi connectivity index (χ3v) is 7.40. The SMILES string of the molecule is c1ccc(-c2cccc3oc4ccc(Nc5cccc6sc7ccccc7c56)cc4c23)cc1. The van der Waals surface area contributed by atoms with Crippen LogP contribution in [0, 0.1) is 0 Å². The van der Waals surface area contributed by atoms with Gasteiger partial charge in [-0.05, 0) is 53.6 Å². The maximum atomic E-state index is 6.21. The van der Waals surface area contributed by atoms with E-state index in [0.717, 1.165) is 33.3 Å². The van der Waals surface area contributed by atoms with Gasteiger partial charge in [-0.2, -0.15) is 0 Å². The van der Waals surface area contributed by atoms with E-state index in [-0.39, 0.29) is 0 Å². The molecule has 0 saturated carbocycles. The molecule has 0 saturated heterocycles. The molecule has 33 heavy (non-hydrogen) atoms. The van der Waals surface area contributed by atoms with Gasteiger partial charge in [-0.3, -0.25) is 0 Å². The molecular formula is C30H19NOS. The van der Waals surface area contributed by atoms with Gasteiger partial charge in [0.2, 0.25) is 0 Å². The molecule has 0 radical (unpaired) electrons. The molecule has 0 aliphatic carbocycles. The fraction of sp³-hybridized carbons (Fsp3) is 0. The first kappa shape index (κ1) is 18.5. The van der Waals surface area contributed by atoms with Crippen LogP contribution in [0.3, 0.4) is 0 Å². The van der Waals surface area contributed by atoms with E-state index < -0.39 is 0 Å². The highest BCUT2D eigenvalue weighted by Gasteiger charge is 2.14. The van der Waals surface area contributed by atoms with Crippen molar-refractivity contribution in [1.82, 2.24) is 0 Å². The topological polar surface area (TPSA) is 25.2 Å². The largest absolute Gasteiger partial charge is 0.456 e. The summed E-state index contributed by atoms with van der Waals surface area (Å²) in [7, 11) is 0. The summed E-state index contributed by atoms with van der Waals surface area (Å²) in [6.07, 6.45) is 0. The lowest BCUT2D eigenvalue weighted by atomic mass is 9.99. The van der Waals surface area contributed by atoms with Gasteiger partial charge in [0, 0.05) is 42.3 Å². The molecule has 5 aromatic carbocycles. The van der Waals surface area contributed by atoms with Crippen LogP contribution in [0.25, 0.3) is 53.2 Å². The molecule has 1 N–H and O–H groups in total. The molecule has 0 amide bonds. The maximum Gasteiger partial charge on any atom is 0.136 e. The van der Waals surface area contributed by atoms with E-state index in [9.17, 15) is 0 Å². The molecular weight excluding hydrogens is 422 g/mol. The second-order valence-corrected chi connectivity index (χ2v) is 9.34. The minimum Gasteiger partial charge on any atom is -0.456 e. The van der Waals surface area contributed by atoms with E-state index in [1.165, 1.54) is 31.3 Å². The summed E-state index contributed by atoms with van der Waals surface area (Å²) in [5.41, 5.74) is 6.37. The lowest BCUT2D eigenvalue weighted by Gasteiger charge is -2.09. The normalized spacial score (nSPS) is 11.6. The summed E-state index contributed by atoms with van der Waals surface area (Å²) in [5, 5.41) is 8.54. The molecule has 0 aliphatic heterocycles. The highest BCUT2D eigenvalue weighted by Crippen LogP contribution is 2.41. The average molecular weight is 442 g/mol. The second kappa shape index (κ2) is 7.22. The molecule has 0 aliphatic rings. The predicted octanol–water partition coefficient (Wildman–Crippen LogP) is 9.36. The molecule has 0 unspecified atom stereocenters. The van der Waals surface area contributed by atoms with Gasteiger partial charge in [0.15, 0.2) is 0 Å². The van der Waals surface area contributed by atoms with Gasteiger partial charge in [-0.1, -0.05) is 66.7 Å². The van der Waals surface area contributed by atoms with Gasteiger partial charge in [-0.25, -0.2) is 0 Å². The predicted molar refractivity (Wildman–Crippen MR) is 142 cm³/mol. The van der Waals surface area contributed by atoms with Crippen LogP contribution in [0.1, 0.15) is 0 Å². The summed E-state index contributed by atoms with van der Waals surface area (Å²) in [5.74, 6) is 0. The first-order chi connectivity index (χ1) is 16.3. The van der Waals surface area contributed by atoms with E-state index in [2.05, 4.69) is 102 Å². The Labute approximate surface area is 194 Å². The van der Waals surface area contributed by atoms with Crippen LogP contribution < -0.4 is 5.32 Å². The molecule has 2 heterocycles. The van der Waals surface area contributed by atoms with Crippen molar-refractivity contribution < 1.29 is 4.42 Å². The smallest absolute Gasteiger partial charge is 0.136 e. The second-order valence-electron chi connectivity index (χ2n) is 8.26. The first-order valence-electron chi connectivity index (χ1n) is 11.0. The van der Waals surface area contributed by atoms with Gasteiger partial charge < -0.3 is 9.73 Å². The van der Waals surface area contributed by atoms with Gasteiger partial charge in [-0.15, -0.1) is 11.3 Å². The Morgan fingerprint density at radius 2 is 1.39 bits per heavy atom. The van der Waals surface area contributed by atoms with E-state index in [0.29, 0.717) is 0 Å². The van der Waals surface area contributed by atoms with Crippen LogP contribution in [0.4, 0.5) is 11.4 Å². The van der Waals surface area contributed by atoms with Gasteiger partial charge >= 0.3 is 0 Å². The van der Waals surface area contributed by atoms with Crippen molar-refractivity contribution in [3.05, 3.63) is 109 Å². The summed E-state index contributed by atoms with van der Waals surface area (Å²) in [4.78, 5) is 0. The maximum absolute atomic E-state index is 6.21. The van der Waals surface area contributed by atoms with Gasteiger partial charge in [0.25, 0.3) is 0 Å². The monoisotopic (exact) mass is 441 g/mol. The zero-order chi connectivity index (χ0) is 21.8. The van der Waals surface area contributed by atoms with Gasteiger partial charge in [0.05, 0.1) is 0 Å². The lowest BCUT2D eigenvalue weighted by molar-refractivity contribution is 0.669. The molecule has 0 spiro atoms. The van der Waals surface area contributed by atoms with Gasteiger partial charge in [0.1, 0.15) is 11.2 Å². The molecule has 0 fully saturated rings. The fourth-order valence-corrected chi connectivity index (χ4v) is 5.93. The molecule has 2 aromatic heterocycles. The third-order valence-electron chi connectivity index (χ3n) is 6.26. The van der Waals surface area contributed by atoms with Crippen molar-refractivity contribution >= 4 is 64.8 Å². The number of thiophene rings is 1. The quantitative estimate of drug-likeness (QED) is 0.295. The van der Waals surface area contributed by atoms with E-state index in [4.69, 9.17) is 4.42 Å². The van der Waals surface area contributed by atoms with Crippen LogP contribution in [-0.2, 0) is 0 Å². The Morgan fingerprint density at radius 3 is 2.33 bits per heavy atom. The molecule has 2 nitrogen and oxygen atoms in total. The molecule has 3 heteroatoms. The number of furan rings is 1. The standard InChI is InChI=1S/C30H19NOS/c1-2-8-19(9-3-1)21-11-6-13-26-29(21)23-18-20(16-17-25(23)32-26)31-24-12-7-15-28-30(24)22-10-4-5-14-27(22)33-28/h1-18,31H. The third kappa shape index (κ3) is 2.94. The van der Waals surface area contributed by atoms with Crippen molar-refractivity contribution in [3.8, 4) is 11.1 Å². The lowest BCUT2D eigenvalue weighted by Crippen LogP contribution is -1.90. The van der Waals surface area contributed by atoms with Crippen LogP contribution >= 0.6 is 11.3 Å². The zero-order valence-corrected chi connectivity index (χ0v) is 18.5. The Balaban J connectivity index is 1.41. The number of rotatable bonds is 3. The first-order valence-corrected chi connectivity index (χ1v) is 11.8. The summed E-state index contributed by atoms with van der Waals surface area (Å²) in [6, 6.07) is 38.3. The summed E-state index contributed by atoms with van der Waals surface area (Å²) >= 11 is 1.84. The van der Waals surface area contributed by atoms with Crippen molar-refractivity contribution in [2.75, 3.05) is 5.32 Å². The van der Waals surface area contributed by atoms with Crippen LogP contribution in [0.5, 0.6) is 0 Å². The highest BCUT2D eigenvalue weighted by atomic mass is 32.1. The molecule has 156 valence electrons. The number of benzene rings is 5. The Hall–Kier alpha value is -4.08. The molecule has 7 aromatic rings. The number of hydrogen-bond donors (Lipinski definition) is 1. The van der Waals surface area contributed by atoms with Crippen molar-refractivity contribution in [2.45, 2.75) is 0 Å². The Bertz CT molecular complexity index is 1790. The van der Waals surface area contributed by atoms with E-state index >= 15 is 0 Å². The Kier molecular flexibility index (Phi) is 4.05. The number of hydrogen-bond acceptors (Lipinski definition) is 3. The molecule has 0 bridgehead atoms. The minimum absolute atomic E-state index is 0.901. The average Bonchev–Trinajstić information content (AvgIpc) is 3.43. The minimum atomic E-state index is 0.901. The van der Waals surface area contributed by atoms with Crippen molar-refractivity contribution in [1.29, 1.82) is 0 Å². The van der Waals surface area contributed by atoms with E-state index in [1.807, 2.05) is 23.5 Å². The summed E-state index contributed by atoms with van der Waals surface area (Å²) in [6.45, 7) is 0. The van der Waals surface area contributed by atoms with Crippen LogP contribution in [0.2, 0.25) is 0 Å². The number of nitrogens with one attached hydrogen (secondary N) is 1. The number of anilines is 2.